The summed E-state index contributed by atoms with van der Waals surface area (Å²) >= 11 is 12.4. The lowest BCUT2D eigenvalue weighted by Crippen LogP contribution is -2.03. The van der Waals surface area contributed by atoms with Crippen molar-refractivity contribution in [2.75, 3.05) is 6.61 Å². The second-order valence-electron chi connectivity index (χ2n) is 4.64. The molecule has 1 aliphatic rings. The number of aliphatic hydroxyl groups excluding tert-OH is 1. The van der Waals surface area contributed by atoms with Crippen LogP contribution in [0.1, 0.15) is 26.7 Å². The third-order valence-corrected chi connectivity index (χ3v) is 4.15. The predicted octanol–water partition coefficient (Wildman–Crippen LogP) is 5.08. The Morgan fingerprint density at radius 3 is 2.32 bits per heavy atom. The van der Waals surface area contributed by atoms with Gasteiger partial charge in [0.2, 0.25) is 0 Å². The Balaban J connectivity index is 3.27. The second-order valence-corrected chi connectivity index (χ2v) is 5.45. The summed E-state index contributed by atoms with van der Waals surface area (Å²) in [4.78, 5) is 0. The van der Waals surface area contributed by atoms with E-state index < -0.39 is 0 Å². The molecule has 0 aliphatic heterocycles. The summed E-state index contributed by atoms with van der Waals surface area (Å²) in [5.41, 5.74) is 3.33. The quantitative estimate of drug-likeness (QED) is 0.678. The summed E-state index contributed by atoms with van der Waals surface area (Å²) in [6, 6.07) is 0. The van der Waals surface area contributed by atoms with Crippen LogP contribution >= 0.6 is 23.2 Å². The minimum Gasteiger partial charge on any atom is -0.392 e. The van der Waals surface area contributed by atoms with Gasteiger partial charge in [0.25, 0.3) is 0 Å². The van der Waals surface area contributed by atoms with Crippen LogP contribution in [0.15, 0.2) is 57.7 Å². The van der Waals surface area contributed by atoms with Gasteiger partial charge in [-0.25, -0.2) is 0 Å². The highest BCUT2D eigenvalue weighted by Gasteiger charge is 2.27. The predicted molar refractivity (Wildman–Crippen MR) is 84.3 cm³/mol. The number of rotatable bonds is 6. The molecule has 0 saturated heterocycles. The molecule has 0 aromatic carbocycles. The first-order chi connectivity index (χ1) is 8.97. The lowest BCUT2D eigenvalue weighted by atomic mass is 9.93. The zero-order valence-electron chi connectivity index (χ0n) is 11.5. The third kappa shape index (κ3) is 3.85. The van der Waals surface area contributed by atoms with E-state index in [1.807, 2.05) is 13.8 Å². The molecule has 3 heteroatoms. The number of halogens is 2. The first-order valence-corrected chi connectivity index (χ1v) is 7.08. The Bertz CT molecular complexity index is 477. The molecule has 104 valence electrons. The summed E-state index contributed by atoms with van der Waals surface area (Å²) in [6.07, 6.45) is 5.65. The maximum atomic E-state index is 9.63. The fourth-order valence-electron chi connectivity index (χ4n) is 2.02. The zero-order chi connectivity index (χ0) is 14.6. The Hall–Kier alpha value is -0.760. The SMILES string of the molecule is C=C/C(Cl)=C(C(=C)/C(CO)=C(\C)C1CC1)\C(Cl)=C/C. The van der Waals surface area contributed by atoms with Crippen LogP contribution in [0.2, 0.25) is 0 Å². The molecule has 0 radical (unpaired) electrons. The van der Waals surface area contributed by atoms with Crippen molar-refractivity contribution in [3.05, 3.63) is 57.7 Å². The Morgan fingerprint density at radius 2 is 1.95 bits per heavy atom. The van der Waals surface area contributed by atoms with Crippen molar-refractivity contribution in [3.63, 3.8) is 0 Å². The zero-order valence-corrected chi connectivity index (χ0v) is 13.0. The van der Waals surface area contributed by atoms with Gasteiger partial charge in [0.1, 0.15) is 0 Å². The molecule has 19 heavy (non-hydrogen) atoms. The maximum Gasteiger partial charge on any atom is 0.0687 e. The number of allylic oxidation sites excluding steroid dienone is 6. The van der Waals surface area contributed by atoms with Crippen LogP contribution in [0.5, 0.6) is 0 Å². The van der Waals surface area contributed by atoms with Gasteiger partial charge in [0, 0.05) is 15.6 Å². The second kappa shape index (κ2) is 7.14. The van der Waals surface area contributed by atoms with Crippen LogP contribution in [0, 0.1) is 5.92 Å². The molecular weight excluding hydrogens is 279 g/mol. The molecule has 0 heterocycles. The van der Waals surface area contributed by atoms with E-state index in [-0.39, 0.29) is 6.61 Å². The standard InChI is InChI=1S/C16H20Cl2O/c1-5-14(17)16(15(18)6-2)11(4)13(9-19)10(3)12-7-8-12/h5-6,12,19H,1,4,7-9H2,2-3H3/b13-10+,15-6+,16-14+. The molecular formula is C16H20Cl2O. The number of hydrogen-bond donors (Lipinski definition) is 1. The van der Waals surface area contributed by atoms with E-state index in [0.717, 1.165) is 5.57 Å². The largest absolute Gasteiger partial charge is 0.392 e. The van der Waals surface area contributed by atoms with Crippen molar-refractivity contribution in [3.8, 4) is 0 Å². The number of hydrogen-bond acceptors (Lipinski definition) is 1. The van der Waals surface area contributed by atoms with E-state index in [4.69, 9.17) is 23.2 Å². The van der Waals surface area contributed by atoms with E-state index in [2.05, 4.69) is 13.2 Å². The Labute approximate surface area is 125 Å². The molecule has 1 saturated carbocycles. The van der Waals surface area contributed by atoms with Gasteiger partial charge in [-0.1, -0.05) is 54.1 Å². The van der Waals surface area contributed by atoms with E-state index in [0.29, 0.717) is 27.1 Å². The molecule has 0 bridgehead atoms. The highest BCUT2D eigenvalue weighted by molar-refractivity contribution is 6.37. The van der Waals surface area contributed by atoms with Crippen LogP contribution in [-0.4, -0.2) is 11.7 Å². The first-order valence-electron chi connectivity index (χ1n) is 6.32. The van der Waals surface area contributed by atoms with Gasteiger partial charge in [-0.2, -0.15) is 0 Å². The molecule has 1 N–H and O–H groups in total. The third-order valence-electron chi connectivity index (χ3n) is 3.40. The summed E-state index contributed by atoms with van der Waals surface area (Å²) in [5, 5.41) is 10.6. The molecule has 1 nitrogen and oxygen atoms in total. The average Bonchev–Trinajstić information content (AvgIpc) is 3.23. The summed E-state index contributed by atoms with van der Waals surface area (Å²) in [6.45, 7) is 11.5. The highest BCUT2D eigenvalue weighted by Crippen LogP contribution is 2.41. The minimum atomic E-state index is -0.0557. The van der Waals surface area contributed by atoms with Gasteiger partial charge >= 0.3 is 0 Å². The van der Waals surface area contributed by atoms with Crippen LogP contribution in [-0.2, 0) is 0 Å². The monoisotopic (exact) mass is 298 g/mol. The van der Waals surface area contributed by atoms with Gasteiger partial charge in [-0.05, 0) is 43.8 Å². The van der Waals surface area contributed by atoms with Gasteiger partial charge in [0.15, 0.2) is 0 Å². The van der Waals surface area contributed by atoms with Crippen molar-refractivity contribution in [2.24, 2.45) is 5.92 Å². The van der Waals surface area contributed by atoms with Crippen molar-refractivity contribution < 1.29 is 5.11 Å². The Morgan fingerprint density at radius 1 is 1.37 bits per heavy atom. The normalized spacial score (nSPS) is 18.7. The highest BCUT2D eigenvalue weighted by atomic mass is 35.5. The smallest absolute Gasteiger partial charge is 0.0687 e. The fraction of sp³-hybridized carbons (Fsp3) is 0.375. The summed E-state index contributed by atoms with van der Waals surface area (Å²) in [5.74, 6) is 0.562. The lowest BCUT2D eigenvalue weighted by Gasteiger charge is -2.16. The molecule has 0 aromatic heterocycles. The molecule has 1 fully saturated rings. The van der Waals surface area contributed by atoms with Gasteiger partial charge in [-0.3, -0.25) is 0 Å². The molecule has 1 rings (SSSR count). The molecule has 0 amide bonds. The van der Waals surface area contributed by atoms with Crippen LogP contribution in [0.3, 0.4) is 0 Å². The van der Waals surface area contributed by atoms with E-state index in [9.17, 15) is 5.11 Å². The Kier molecular flexibility index (Phi) is 6.12. The number of aliphatic hydroxyl groups is 1. The van der Waals surface area contributed by atoms with Crippen LogP contribution in [0.25, 0.3) is 0 Å². The van der Waals surface area contributed by atoms with Crippen LogP contribution < -0.4 is 0 Å². The van der Waals surface area contributed by atoms with Gasteiger partial charge in [-0.15, -0.1) is 0 Å². The lowest BCUT2D eigenvalue weighted by molar-refractivity contribution is 0.332. The molecule has 0 unspecified atom stereocenters. The molecule has 0 spiro atoms. The maximum absolute atomic E-state index is 9.63. The van der Waals surface area contributed by atoms with Gasteiger partial charge < -0.3 is 5.11 Å². The average molecular weight is 299 g/mol. The minimum absolute atomic E-state index is 0.0557. The topological polar surface area (TPSA) is 20.2 Å². The fourth-order valence-corrected chi connectivity index (χ4v) is 2.50. The van der Waals surface area contributed by atoms with Crippen molar-refractivity contribution >= 4 is 23.2 Å². The summed E-state index contributed by atoms with van der Waals surface area (Å²) < 4.78 is 0. The van der Waals surface area contributed by atoms with Gasteiger partial charge in [0.05, 0.1) is 6.61 Å². The molecule has 1 aliphatic carbocycles. The van der Waals surface area contributed by atoms with Crippen molar-refractivity contribution in [2.45, 2.75) is 26.7 Å². The first kappa shape index (κ1) is 16.3. The van der Waals surface area contributed by atoms with E-state index >= 15 is 0 Å². The van der Waals surface area contributed by atoms with Crippen molar-refractivity contribution in [1.29, 1.82) is 0 Å². The molecule has 0 aromatic rings. The van der Waals surface area contributed by atoms with E-state index in [1.54, 1.807) is 6.08 Å². The van der Waals surface area contributed by atoms with Crippen molar-refractivity contribution in [1.82, 2.24) is 0 Å². The van der Waals surface area contributed by atoms with E-state index in [1.165, 1.54) is 24.5 Å². The molecule has 0 atom stereocenters. The summed E-state index contributed by atoms with van der Waals surface area (Å²) in [7, 11) is 0. The van der Waals surface area contributed by atoms with Crippen LogP contribution in [0.4, 0.5) is 0 Å².